The van der Waals surface area contributed by atoms with Gasteiger partial charge in [0.05, 0.1) is 11.4 Å². The van der Waals surface area contributed by atoms with Gasteiger partial charge in [-0.2, -0.15) is 4.72 Å². The molecule has 0 bridgehead atoms. The van der Waals surface area contributed by atoms with Crippen LogP contribution in [0.15, 0.2) is 6.07 Å². The molecule has 154 valence electrons. The lowest BCUT2D eigenvalue weighted by Gasteiger charge is -2.25. The summed E-state index contributed by atoms with van der Waals surface area (Å²) < 4.78 is 15.5. The van der Waals surface area contributed by atoms with Gasteiger partial charge in [-0.05, 0) is 73.6 Å². The van der Waals surface area contributed by atoms with Crippen LogP contribution >= 0.6 is 0 Å². The fourth-order valence-electron chi connectivity index (χ4n) is 5.35. The minimum absolute atomic E-state index is 0.0264. The number of carbonyl (C=O) groups excluding carboxylic acids is 1. The van der Waals surface area contributed by atoms with Crippen molar-refractivity contribution in [1.82, 2.24) is 9.62 Å². The Morgan fingerprint density at radius 3 is 2.43 bits per heavy atom. The Hall–Kier alpha value is -1.24. The molecule has 1 aromatic rings. The van der Waals surface area contributed by atoms with Crippen molar-refractivity contribution in [3.63, 3.8) is 0 Å². The van der Waals surface area contributed by atoms with Crippen molar-refractivity contribution in [2.75, 3.05) is 18.4 Å². The number of benzene rings is 1. The summed E-state index contributed by atoms with van der Waals surface area (Å²) in [5.41, 5.74) is 6.43. The molecule has 0 spiro atoms. The van der Waals surface area contributed by atoms with Gasteiger partial charge in [0.25, 0.3) is 0 Å². The van der Waals surface area contributed by atoms with Crippen LogP contribution < -0.4 is 10.0 Å². The molecule has 4 rings (SSSR count). The highest BCUT2D eigenvalue weighted by Gasteiger charge is 2.36. The van der Waals surface area contributed by atoms with Crippen molar-refractivity contribution in [2.45, 2.75) is 82.9 Å². The van der Waals surface area contributed by atoms with E-state index in [1.165, 1.54) is 22.3 Å². The molecule has 2 aliphatic carbocycles. The predicted octanol–water partition coefficient (Wildman–Crippen LogP) is 3.71. The number of rotatable bonds is 6. The number of amides is 2. The van der Waals surface area contributed by atoms with Gasteiger partial charge in [0.15, 0.2) is 5.25 Å². The van der Waals surface area contributed by atoms with Crippen molar-refractivity contribution in [2.24, 2.45) is 0 Å². The highest BCUT2D eigenvalue weighted by Crippen LogP contribution is 2.38. The van der Waals surface area contributed by atoms with Gasteiger partial charge < -0.3 is 9.87 Å². The minimum Gasteiger partial charge on any atom is -0.593 e. The first-order chi connectivity index (χ1) is 13.6. The van der Waals surface area contributed by atoms with Gasteiger partial charge in [-0.15, -0.1) is 0 Å². The summed E-state index contributed by atoms with van der Waals surface area (Å²) in [6, 6.07) is 2.61. The third-order valence-corrected chi connectivity index (χ3v) is 8.22. The number of hydrogen-bond donors (Lipinski definition) is 2. The summed E-state index contributed by atoms with van der Waals surface area (Å²) in [5.74, 6) is 0. The standard InChI is InChI=1S/C22H33N3O2S/c1-3-17(4-2)25-12-11-18(14-25)28(27)24-22(26)23-21-19-9-5-7-15(19)13-16-8-6-10-20(16)21/h13,17-18H,3-12,14H2,1-2H3,(H2,23,24,26). The number of urea groups is 1. The molecule has 0 saturated carbocycles. The molecule has 2 unspecified atom stereocenters. The molecule has 1 saturated heterocycles. The average Bonchev–Trinajstić information content (AvgIpc) is 3.42. The molecular formula is C22H33N3O2S. The summed E-state index contributed by atoms with van der Waals surface area (Å²) in [4.78, 5) is 15.1. The molecule has 6 heteroatoms. The maximum atomic E-state index is 12.8. The first-order valence-electron chi connectivity index (χ1n) is 11.0. The van der Waals surface area contributed by atoms with Crippen molar-refractivity contribution in [3.05, 3.63) is 28.3 Å². The van der Waals surface area contributed by atoms with Crippen LogP contribution in [0, 0.1) is 0 Å². The molecule has 2 atom stereocenters. The van der Waals surface area contributed by atoms with Gasteiger partial charge in [-0.3, -0.25) is 4.90 Å². The molecule has 2 amide bonds. The van der Waals surface area contributed by atoms with E-state index in [1.54, 1.807) is 0 Å². The van der Waals surface area contributed by atoms with Crippen molar-refractivity contribution in [3.8, 4) is 0 Å². The minimum atomic E-state index is -1.34. The van der Waals surface area contributed by atoms with Gasteiger partial charge in [0.2, 0.25) is 0 Å². The number of likely N-dealkylation sites (tertiary alicyclic amines) is 1. The molecule has 1 aliphatic heterocycles. The molecule has 28 heavy (non-hydrogen) atoms. The summed E-state index contributed by atoms with van der Waals surface area (Å²) >= 11 is -1.34. The molecule has 0 radical (unpaired) electrons. The third kappa shape index (κ3) is 3.91. The van der Waals surface area contributed by atoms with Gasteiger partial charge in [-0.1, -0.05) is 19.9 Å². The third-order valence-electron chi connectivity index (χ3n) is 6.84. The van der Waals surface area contributed by atoms with E-state index in [2.05, 4.69) is 34.9 Å². The lowest BCUT2D eigenvalue weighted by molar-refractivity contribution is 0.230. The predicted molar refractivity (Wildman–Crippen MR) is 115 cm³/mol. The van der Waals surface area contributed by atoms with E-state index in [4.69, 9.17) is 0 Å². The van der Waals surface area contributed by atoms with Crippen molar-refractivity contribution < 1.29 is 9.35 Å². The zero-order valence-corrected chi connectivity index (χ0v) is 18.0. The highest BCUT2D eigenvalue weighted by atomic mass is 32.2. The normalized spacial score (nSPS) is 22.4. The Kier molecular flexibility index (Phi) is 6.18. The molecule has 2 N–H and O–H groups in total. The summed E-state index contributed by atoms with van der Waals surface area (Å²) in [7, 11) is 0. The van der Waals surface area contributed by atoms with Gasteiger partial charge in [0.1, 0.15) is 0 Å². The van der Waals surface area contributed by atoms with E-state index in [0.717, 1.165) is 76.6 Å². The van der Waals surface area contributed by atoms with Crippen molar-refractivity contribution >= 4 is 23.1 Å². The Bertz CT molecular complexity index is 703. The van der Waals surface area contributed by atoms with E-state index < -0.39 is 11.4 Å². The first-order valence-corrected chi connectivity index (χ1v) is 12.2. The second-order valence-corrected chi connectivity index (χ2v) is 9.93. The lowest BCUT2D eigenvalue weighted by Crippen LogP contribution is -2.43. The number of hydrogen-bond acceptors (Lipinski definition) is 3. The van der Waals surface area contributed by atoms with Crippen molar-refractivity contribution in [1.29, 1.82) is 0 Å². The zero-order chi connectivity index (χ0) is 19.7. The van der Waals surface area contributed by atoms with Crippen LogP contribution in [0.2, 0.25) is 0 Å². The second-order valence-electron chi connectivity index (χ2n) is 8.46. The fourth-order valence-corrected chi connectivity index (χ4v) is 6.39. The SMILES string of the molecule is CCC(CC)N1CCC([S+]([O-])NC(=O)Nc2c3c(cc4c2CCC4)CCC3)C1. The summed E-state index contributed by atoms with van der Waals surface area (Å²) in [6.07, 6.45) is 9.74. The molecule has 1 fully saturated rings. The Morgan fingerprint density at radius 1 is 1.18 bits per heavy atom. The zero-order valence-electron chi connectivity index (χ0n) is 17.2. The Balaban J connectivity index is 1.39. The number of carbonyl (C=O) groups is 1. The van der Waals surface area contributed by atoms with Crippen LogP contribution in [0.1, 0.15) is 68.2 Å². The molecule has 5 nitrogen and oxygen atoms in total. The number of nitrogens with one attached hydrogen (secondary N) is 2. The smallest absolute Gasteiger partial charge is 0.360 e. The maximum absolute atomic E-state index is 12.8. The van der Waals surface area contributed by atoms with Gasteiger partial charge in [0, 0.05) is 31.2 Å². The van der Waals surface area contributed by atoms with E-state index in [-0.39, 0.29) is 11.3 Å². The quantitative estimate of drug-likeness (QED) is 0.712. The molecule has 3 aliphatic rings. The number of anilines is 1. The molecule has 1 heterocycles. The Morgan fingerprint density at radius 2 is 1.82 bits per heavy atom. The maximum Gasteiger partial charge on any atom is 0.360 e. The largest absolute Gasteiger partial charge is 0.593 e. The topological polar surface area (TPSA) is 67.4 Å². The molecular weight excluding hydrogens is 370 g/mol. The molecule has 0 aromatic heterocycles. The van der Waals surface area contributed by atoms with E-state index in [1.807, 2.05) is 0 Å². The second kappa shape index (κ2) is 8.64. The number of fused-ring (bicyclic) bond motifs is 2. The van der Waals surface area contributed by atoms with E-state index in [0.29, 0.717) is 6.04 Å². The first kappa shape index (κ1) is 20.0. The highest BCUT2D eigenvalue weighted by molar-refractivity contribution is 7.90. The number of nitrogens with zero attached hydrogens (tertiary/aromatic N) is 1. The summed E-state index contributed by atoms with van der Waals surface area (Å²) in [5, 5.41) is 3.12. The Labute approximate surface area is 172 Å². The van der Waals surface area contributed by atoms with Crippen LogP contribution in [-0.4, -0.2) is 39.9 Å². The number of aryl methyl sites for hydroxylation is 2. The monoisotopic (exact) mass is 403 g/mol. The average molecular weight is 404 g/mol. The van der Waals surface area contributed by atoms with E-state index in [9.17, 15) is 9.35 Å². The molecule has 1 aromatic carbocycles. The van der Waals surface area contributed by atoms with Gasteiger partial charge >= 0.3 is 6.03 Å². The van der Waals surface area contributed by atoms with E-state index >= 15 is 0 Å². The fraction of sp³-hybridized carbons (Fsp3) is 0.682. The van der Waals surface area contributed by atoms with Crippen LogP contribution in [0.4, 0.5) is 10.5 Å². The lowest BCUT2D eigenvalue weighted by atomic mass is 9.99. The van der Waals surface area contributed by atoms with Crippen LogP contribution in [0.5, 0.6) is 0 Å². The summed E-state index contributed by atoms with van der Waals surface area (Å²) in [6.45, 7) is 6.21. The van der Waals surface area contributed by atoms with Crippen LogP contribution in [-0.2, 0) is 37.0 Å². The van der Waals surface area contributed by atoms with Crippen LogP contribution in [0.25, 0.3) is 0 Å². The van der Waals surface area contributed by atoms with Crippen LogP contribution in [0.3, 0.4) is 0 Å². The van der Waals surface area contributed by atoms with Gasteiger partial charge in [-0.25, -0.2) is 4.79 Å².